The Labute approximate surface area is 150 Å². The zero-order valence-electron chi connectivity index (χ0n) is 13.9. The van der Waals surface area contributed by atoms with Crippen molar-refractivity contribution in [3.63, 3.8) is 0 Å². The number of benzene rings is 1. The zero-order valence-corrected chi connectivity index (χ0v) is 13.9. The Bertz CT molecular complexity index is 1150. The molecule has 0 amide bonds. The molecule has 27 heavy (non-hydrogen) atoms. The molecule has 4 rings (SSSR count). The number of hydrogen-bond donors (Lipinski definition) is 0. The van der Waals surface area contributed by atoms with Crippen molar-refractivity contribution in [1.82, 2.24) is 24.7 Å². The second kappa shape index (κ2) is 6.42. The molecule has 0 radical (unpaired) electrons. The quantitative estimate of drug-likeness (QED) is 0.407. The lowest BCUT2D eigenvalue weighted by atomic mass is 10.1. The van der Waals surface area contributed by atoms with E-state index in [1.54, 1.807) is 36.4 Å². The SMILES string of the molecule is Cn1cc(-c2cnc3ccc(Cc4c(F)c(F)cc(F)c4F)nc3n2)cn1. The molecule has 3 heterocycles. The molecular weight excluding hydrogens is 362 g/mol. The minimum atomic E-state index is -1.46. The molecule has 3 aromatic heterocycles. The third-order valence-corrected chi connectivity index (χ3v) is 4.03. The van der Waals surface area contributed by atoms with Crippen LogP contribution in [0.2, 0.25) is 0 Å². The van der Waals surface area contributed by atoms with E-state index in [0.717, 1.165) is 5.56 Å². The van der Waals surface area contributed by atoms with Gasteiger partial charge >= 0.3 is 0 Å². The van der Waals surface area contributed by atoms with Crippen molar-refractivity contribution in [2.75, 3.05) is 0 Å². The molecule has 0 saturated carbocycles. The van der Waals surface area contributed by atoms with Gasteiger partial charge in [-0.25, -0.2) is 27.5 Å². The van der Waals surface area contributed by atoms with Crippen LogP contribution in [0.5, 0.6) is 0 Å². The molecule has 0 N–H and O–H groups in total. The molecule has 0 aliphatic rings. The van der Waals surface area contributed by atoms with E-state index in [-0.39, 0.29) is 17.4 Å². The lowest BCUT2D eigenvalue weighted by Gasteiger charge is -2.07. The van der Waals surface area contributed by atoms with Gasteiger partial charge in [0.1, 0.15) is 5.52 Å². The molecule has 0 bridgehead atoms. The number of fused-ring (bicyclic) bond motifs is 1. The van der Waals surface area contributed by atoms with Crippen LogP contribution in [-0.4, -0.2) is 24.7 Å². The summed E-state index contributed by atoms with van der Waals surface area (Å²) >= 11 is 0. The first-order chi connectivity index (χ1) is 12.9. The number of nitrogens with zero attached hydrogens (tertiary/aromatic N) is 5. The van der Waals surface area contributed by atoms with Gasteiger partial charge in [-0.15, -0.1) is 0 Å². The van der Waals surface area contributed by atoms with Crippen LogP contribution in [-0.2, 0) is 13.5 Å². The Kier molecular flexibility index (Phi) is 4.06. The van der Waals surface area contributed by atoms with E-state index >= 15 is 0 Å². The average molecular weight is 373 g/mol. The molecule has 0 fully saturated rings. The summed E-state index contributed by atoms with van der Waals surface area (Å²) < 4.78 is 56.1. The van der Waals surface area contributed by atoms with Crippen LogP contribution < -0.4 is 0 Å². The van der Waals surface area contributed by atoms with E-state index in [1.165, 1.54) is 6.07 Å². The van der Waals surface area contributed by atoms with Gasteiger partial charge in [-0.3, -0.25) is 9.67 Å². The Hall–Kier alpha value is -3.36. The van der Waals surface area contributed by atoms with Crippen LogP contribution in [0.15, 0.2) is 36.8 Å². The highest BCUT2D eigenvalue weighted by atomic mass is 19.2. The topological polar surface area (TPSA) is 56.5 Å². The smallest absolute Gasteiger partial charge is 0.179 e. The van der Waals surface area contributed by atoms with Crippen molar-refractivity contribution in [1.29, 1.82) is 0 Å². The maximum absolute atomic E-state index is 13.9. The second-order valence-electron chi connectivity index (χ2n) is 5.93. The summed E-state index contributed by atoms with van der Waals surface area (Å²) in [6.07, 6.45) is 4.49. The van der Waals surface area contributed by atoms with Crippen molar-refractivity contribution < 1.29 is 17.6 Å². The third-order valence-electron chi connectivity index (χ3n) is 4.03. The predicted molar refractivity (Wildman–Crippen MR) is 88.6 cm³/mol. The van der Waals surface area contributed by atoms with Crippen LogP contribution in [0.25, 0.3) is 22.4 Å². The van der Waals surface area contributed by atoms with E-state index in [1.807, 2.05) is 0 Å². The van der Waals surface area contributed by atoms with Crippen molar-refractivity contribution in [3.8, 4) is 11.3 Å². The number of aryl methyl sites for hydroxylation is 1. The third kappa shape index (κ3) is 3.12. The Morgan fingerprint density at radius 1 is 0.963 bits per heavy atom. The fourth-order valence-corrected chi connectivity index (χ4v) is 2.69. The predicted octanol–water partition coefficient (Wildman–Crippen LogP) is 3.57. The van der Waals surface area contributed by atoms with Gasteiger partial charge in [-0.05, 0) is 12.1 Å². The van der Waals surface area contributed by atoms with Crippen LogP contribution in [0, 0.1) is 23.3 Å². The lowest BCUT2D eigenvalue weighted by molar-refractivity contribution is 0.441. The molecule has 0 atom stereocenters. The monoisotopic (exact) mass is 373 g/mol. The van der Waals surface area contributed by atoms with Gasteiger partial charge in [0.25, 0.3) is 0 Å². The van der Waals surface area contributed by atoms with E-state index in [9.17, 15) is 17.6 Å². The summed E-state index contributed by atoms with van der Waals surface area (Å²) in [5.74, 6) is -5.79. The summed E-state index contributed by atoms with van der Waals surface area (Å²) in [7, 11) is 1.76. The molecule has 0 aliphatic heterocycles. The summed E-state index contributed by atoms with van der Waals surface area (Å²) in [6, 6.07) is 3.22. The highest BCUT2D eigenvalue weighted by Crippen LogP contribution is 2.23. The van der Waals surface area contributed by atoms with Gasteiger partial charge in [0.05, 0.1) is 18.1 Å². The zero-order chi connectivity index (χ0) is 19.1. The summed E-state index contributed by atoms with van der Waals surface area (Å²) in [5.41, 5.74) is 1.43. The molecule has 9 heteroatoms. The van der Waals surface area contributed by atoms with Gasteiger partial charge < -0.3 is 0 Å². The molecule has 0 unspecified atom stereocenters. The summed E-state index contributed by atoms with van der Waals surface area (Å²) in [4.78, 5) is 12.9. The first-order valence-electron chi connectivity index (χ1n) is 7.86. The summed E-state index contributed by atoms with van der Waals surface area (Å²) in [5, 5.41) is 4.06. The van der Waals surface area contributed by atoms with E-state index in [0.29, 0.717) is 11.2 Å². The van der Waals surface area contributed by atoms with E-state index in [4.69, 9.17) is 0 Å². The first-order valence-corrected chi connectivity index (χ1v) is 7.86. The molecule has 0 spiro atoms. The Morgan fingerprint density at radius 2 is 1.70 bits per heavy atom. The highest BCUT2D eigenvalue weighted by Gasteiger charge is 2.20. The van der Waals surface area contributed by atoms with Crippen LogP contribution >= 0.6 is 0 Å². The van der Waals surface area contributed by atoms with Gasteiger partial charge in [0.15, 0.2) is 28.9 Å². The number of pyridine rings is 1. The van der Waals surface area contributed by atoms with Crippen molar-refractivity contribution in [2.45, 2.75) is 6.42 Å². The molecule has 0 saturated heterocycles. The second-order valence-corrected chi connectivity index (χ2v) is 5.93. The van der Waals surface area contributed by atoms with Gasteiger partial charge in [-0.1, -0.05) is 0 Å². The van der Waals surface area contributed by atoms with Crippen LogP contribution in [0.1, 0.15) is 11.3 Å². The normalized spacial score (nSPS) is 11.3. The van der Waals surface area contributed by atoms with E-state index < -0.39 is 35.3 Å². The first kappa shape index (κ1) is 17.1. The minimum absolute atomic E-state index is 0.174. The van der Waals surface area contributed by atoms with Gasteiger partial charge in [0.2, 0.25) is 0 Å². The number of halogens is 4. The fourth-order valence-electron chi connectivity index (χ4n) is 2.69. The number of hydrogen-bond acceptors (Lipinski definition) is 4. The van der Waals surface area contributed by atoms with Gasteiger partial charge in [0, 0.05) is 42.6 Å². The maximum atomic E-state index is 13.9. The Balaban J connectivity index is 1.75. The standard InChI is InChI=1S/C18H11F4N5/c1-27-8-9(6-24-27)15-7-23-14-3-2-10(25-18(14)26-15)4-11-16(21)12(19)5-13(20)17(11)22/h2-3,5-8H,4H2,1H3. The molecule has 5 nitrogen and oxygen atoms in total. The fraction of sp³-hybridized carbons (Fsp3) is 0.111. The maximum Gasteiger partial charge on any atom is 0.179 e. The molecular formula is C18H11F4N5. The van der Waals surface area contributed by atoms with E-state index in [2.05, 4.69) is 20.1 Å². The molecule has 0 aliphatic carbocycles. The number of aromatic nitrogens is 5. The van der Waals surface area contributed by atoms with Crippen LogP contribution in [0.4, 0.5) is 17.6 Å². The molecule has 1 aromatic carbocycles. The summed E-state index contributed by atoms with van der Waals surface area (Å²) in [6.45, 7) is 0. The van der Waals surface area contributed by atoms with Crippen molar-refractivity contribution in [2.24, 2.45) is 7.05 Å². The van der Waals surface area contributed by atoms with Crippen molar-refractivity contribution in [3.05, 3.63) is 71.3 Å². The van der Waals surface area contributed by atoms with Crippen molar-refractivity contribution >= 4 is 11.2 Å². The average Bonchev–Trinajstić information content (AvgIpc) is 3.09. The minimum Gasteiger partial charge on any atom is -0.275 e. The molecule has 136 valence electrons. The highest BCUT2D eigenvalue weighted by molar-refractivity contribution is 5.73. The Morgan fingerprint density at radius 3 is 2.37 bits per heavy atom. The number of rotatable bonds is 3. The van der Waals surface area contributed by atoms with Gasteiger partial charge in [-0.2, -0.15) is 5.10 Å². The lowest BCUT2D eigenvalue weighted by Crippen LogP contribution is -2.05. The largest absolute Gasteiger partial charge is 0.275 e. The molecule has 4 aromatic rings. The van der Waals surface area contributed by atoms with Crippen LogP contribution in [0.3, 0.4) is 0 Å².